The SMILES string of the molecule is COC(=O)c1ccnc(Cc2ccc3ncc(Cl)cc3c2)c1.O=C(O)c1ccnc(Cc2ccc3ncc(Cl)cc3c2)c1. The van der Waals surface area contributed by atoms with E-state index in [2.05, 4.69) is 19.9 Å². The standard InChI is InChI=1S/C17H13ClN2O2.C16H11ClN2O2/c1-22-17(21)12-4-5-19-15(9-12)7-11-2-3-16-13(6-11)8-14(18)10-20-16;17-13-7-12-5-10(1-2-15(12)19-9-13)6-14-8-11(16(20)21)3-4-18-14/h2-6,8-10H,7H2,1H3;1-5,7-9H,6H2,(H,20,21). The molecule has 0 saturated carbocycles. The van der Waals surface area contributed by atoms with Crippen LogP contribution in [-0.2, 0) is 17.6 Å². The maximum atomic E-state index is 11.6. The molecule has 0 aliphatic heterocycles. The summed E-state index contributed by atoms with van der Waals surface area (Å²) >= 11 is 11.9. The van der Waals surface area contributed by atoms with E-state index in [1.807, 2.05) is 48.5 Å². The monoisotopic (exact) mass is 610 g/mol. The molecule has 0 bridgehead atoms. The fourth-order valence-corrected chi connectivity index (χ4v) is 4.81. The summed E-state index contributed by atoms with van der Waals surface area (Å²) in [5, 5.41) is 12.1. The quantitative estimate of drug-likeness (QED) is 0.196. The third kappa shape index (κ3) is 7.68. The van der Waals surface area contributed by atoms with Crippen LogP contribution in [0.2, 0.25) is 10.0 Å². The van der Waals surface area contributed by atoms with E-state index in [0.717, 1.165) is 38.6 Å². The van der Waals surface area contributed by atoms with E-state index in [1.54, 1.807) is 36.8 Å². The Morgan fingerprint density at radius 2 is 1.16 bits per heavy atom. The lowest BCUT2D eigenvalue weighted by atomic mass is 10.1. The number of benzene rings is 2. The van der Waals surface area contributed by atoms with Gasteiger partial charge in [-0.1, -0.05) is 35.3 Å². The lowest BCUT2D eigenvalue weighted by Crippen LogP contribution is -2.03. The summed E-state index contributed by atoms with van der Waals surface area (Å²) < 4.78 is 4.72. The number of aromatic nitrogens is 4. The van der Waals surface area contributed by atoms with Crippen LogP contribution in [0, 0.1) is 0 Å². The van der Waals surface area contributed by atoms with Crippen molar-refractivity contribution in [3.8, 4) is 0 Å². The van der Waals surface area contributed by atoms with Gasteiger partial charge in [0.15, 0.2) is 0 Å². The van der Waals surface area contributed by atoms with Crippen molar-refractivity contribution in [3.63, 3.8) is 0 Å². The van der Waals surface area contributed by atoms with E-state index < -0.39 is 5.97 Å². The first kappa shape index (κ1) is 29.6. The van der Waals surface area contributed by atoms with Gasteiger partial charge in [-0.15, -0.1) is 0 Å². The van der Waals surface area contributed by atoms with Crippen LogP contribution in [0.3, 0.4) is 0 Å². The first-order valence-electron chi connectivity index (χ1n) is 13.1. The number of hydrogen-bond acceptors (Lipinski definition) is 7. The van der Waals surface area contributed by atoms with Crippen LogP contribution in [0.25, 0.3) is 21.8 Å². The van der Waals surface area contributed by atoms with Gasteiger partial charge < -0.3 is 9.84 Å². The zero-order valence-corrected chi connectivity index (χ0v) is 24.4. The Bertz CT molecular complexity index is 1970. The lowest BCUT2D eigenvalue weighted by molar-refractivity contribution is 0.0599. The molecule has 0 atom stereocenters. The number of halogens is 2. The van der Waals surface area contributed by atoms with Gasteiger partial charge in [-0.05, 0) is 71.8 Å². The van der Waals surface area contributed by atoms with Crippen molar-refractivity contribution in [1.29, 1.82) is 0 Å². The zero-order valence-electron chi connectivity index (χ0n) is 22.9. The molecule has 0 spiro atoms. The number of carbonyl (C=O) groups excluding carboxylic acids is 1. The number of rotatable bonds is 6. The number of esters is 1. The van der Waals surface area contributed by atoms with E-state index in [9.17, 15) is 9.59 Å². The van der Waals surface area contributed by atoms with Crippen molar-refractivity contribution in [2.75, 3.05) is 7.11 Å². The van der Waals surface area contributed by atoms with Gasteiger partial charge in [0.1, 0.15) is 0 Å². The number of ether oxygens (including phenoxy) is 1. The number of methoxy groups -OCH3 is 1. The number of pyridine rings is 4. The van der Waals surface area contributed by atoms with Crippen molar-refractivity contribution >= 4 is 56.9 Å². The van der Waals surface area contributed by atoms with Gasteiger partial charge in [-0.3, -0.25) is 19.9 Å². The number of aromatic carboxylic acids is 1. The zero-order chi connectivity index (χ0) is 30.3. The molecule has 2 aromatic carbocycles. The van der Waals surface area contributed by atoms with Crippen molar-refractivity contribution in [3.05, 3.63) is 141 Å². The van der Waals surface area contributed by atoms with Crippen LogP contribution in [-0.4, -0.2) is 44.1 Å². The minimum absolute atomic E-state index is 0.241. The Kier molecular flexibility index (Phi) is 9.20. The third-order valence-electron chi connectivity index (χ3n) is 6.50. The minimum Gasteiger partial charge on any atom is -0.478 e. The first-order valence-corrected chi connectivity index (χ1v) is 13.8. The second-order valence-corrected chi connectivity index (χ2v) is 10.5. The molecular weight excluding hydrogens is 587 g/mol. The Balaban J connectivity index is 0.000000171. The number of hydrogen-bond donors (Lipinski definition) is 1. The van der Waals surface area contributed by atoms with Crippen molar-refractivity contribution in [2.24, 2.45) is 0 Å². The summed E-state index contributed by atoms with van der Waals surface area (Å²) in [7, 11) is 1.36. The van der Waals surface area contributed by atoms with Crippen LogP contribution in [0.4, 0.5) is 0 Å². The molecule has 0 unspecified atom stereocenters. The Morgan fingerprint density at radius 3 is 1.65 bits per heavy atom. The van der Waals surface area contributed by atoms with Gasteiger partial charge in [-0.25, -0.2) is 9.59 Å². The van der Waals surface area contributed by atoms with Crippen LogP contribution >= 0.6 is 23.2 Å². The molecule has 1 N–H and O–H groups in total. The number of fused-ring (bicyclic) bond motifs is 2. The van der Waals surface area contributed by atoms with E-state index in [4.69, 9.17) is 33.0 Å². The maximum Gasteiger partial charge on any atom is 0.337 e. The molecule has 6 rings (SSSR count). The number of carboxylic acids is 1. The molecule has 0 amide bonds. The van der Waals surface area contributed by atoms with Crippen LogP contribution in [0.5, 0.6) is 0 Å². The van der Waals surface area contributed by atoms with Gasteiger partial charge in [0, 0.05) is 59.8 Å². The molecule has 10 heteroatoms. The normalized spacial score (nSPS) is 10.7. The molecule has 0 fully saturated rings. The molecule has 214 valence electrons. The molecule has 0 aliphatic rings. The van der Waals surface area contributed by atoms with E-state index in [-0.39, 0.29) is 11.5 Å². The highest BCUT2D eigenvalue weighted by molar-refractivity contribution is 6.31. The Morgan fingerprint density at radius 1 is 0.674 bits per heavy atom. The molecule has 0 aliphatic carbocycles. The maximum absolute atomic E-state index is 11.6. The average molecular weight is 611 g/mol. The van der Waals surface area contributed by atoms with Crippen LogP contribution in [0.1, 0.15) is 43.2 Å². The topological polar surface area (TPSA) is 115 Å². The van der Waals surface area contributed by atoms with Crippen molar-refractivity contribution in [1.82, 2.24) is 19.9 Å². The lowest BCUT2D eigenvalue weighted by Gasteiger charge is -2.05. The molecule has 0 saturated heterocycles. The van der Waals surface area contributed by atoms with Gasteiger partial charge in [-0.2, -0.15) is 0 Å². The summed E-state index contributed by atoms with van der Waals surface area (Å²) in [5.74, 6) is -1.31. The molecule has 6 aromatic rings. The van der Waals surface area contributed by atoms with Crippen LogP contribution in [0.15, 0.2) is 97.6 Å². The summed E-state index contributed by atoms with van der Waals surface area (Å²) in [6, 6.07) is 22.0. The summed E-state index contributed by atoms with van der Waals surface area (Å²) in [5.41, 5.74) is 6.12. The van der Waals surface area contributed by atoms with E-state index >= 15 is 0 Å². The number of carboxylic acid groups (broad SMARTS) is 1. The Labute approximate surface area is 257 Å². The summed E-state index contributed by atoms with van der Waals surface area (Å²) in [6.45, 7) is 0. The van der Waals surface area contributed by atoms with Gasteiger partial charge in [0.2, 0.25) is 0 Å². The highest BCUT2D eigenvalue weighted by Crippen LogP contribution is 2.21. The summed E-state index contributed by atoms with van der Waals surface area (Å²) in [4.78, 5) is 39.5. The van der Waals surface area contributed by atoms with Crippen molar-refractivity contribution in [2.45, 2.75) is 12.8 Å². The van der Waals surface area contributed by atoms with E-state index in [1.165, 1.54) is 19.4 Å². The predicted molar refractivity (Wildman–Crippen MR) is 166 cm³/mol. The molecule has 4 aromatic heterocycles. The smallest absolute Gasteiger partial charge is 0.337 e. The van der Waals surface area contributed by atoms with Gasteiger partial charge in [0.25, 0.3) is 0 Å². The largest absolute Gasteiger partial charge is 0.478 e. The molecular formula is C33H24Cl2N4O4. The van der Waals surface area contributed by atoms with Crippen LogP contribution < -0.4 is 0 Å². The van der Waals surface area contributed by atoms with Crippen molar-refractivity contribution < 1.29 is 19.4 Å². The molecule has 0 radical (unpaired) electrons. The average Bonchev–Trinajstić information content (AvgIpc) is 3.01. The minimum atomic E-state index is -0.951. The molecule has 8 nitrogen and oxygen atoms in total. The van der Waals surface area contributed by atoms with Gasteiger partial charge >= 0.3 is 11.9 Å². The fraction of sp³-hybridized carbons (Fsp3) is 0.0909. The predicted octanol–water partition coefficient (Wildman–Crippen LogP) is 7.23. The molecule has 43 heavy (non-hydrogen) atoms. The fourth-order valence-electron chi connectivity index (χ4n) is 4.47. The third-order valence-corrected chi connectivity index (χ3v) is 6.91. The first-order chi connectivity index (χ1) is 20.8. The highest BCUT2D eigenvalue weighted by atomic mass is 35.5. The van der Waals surface area contributed by atoms with E-state index in [0.29, 0.717) is 34.1 Å². The molecule has 4 heterocycles. The number of carbonyl (C=O) groups is 2. The summed E-state index contributed by atoms with van der Waals surface area (Å²) in [6.07, 6.45) is 7.54. The second-order valence-electron chi connectivity index (χ2n) is 9.58. The van der Waals surface area contributed by atoms with Gasteiger partial charge in [0.05, 0.1) is 39.3 Å². The highest BCUT2D eigenvalue weighted by Gasteiger charge is 2.08. The Hall–Kier alpha value is -4.92. The number of nitrogens with zero attached hydrogens (tertiary/aromatic N) is 4. The second kappa shape index (κ2) is 13.4.